The molecule has 1 amide bonds. The first-order valence-corrected chi connectivity index (χ1v) is 9.56. The van der Waals surface area contributed by atoms with Crippen LogP contribution in [0.3, 0.4) is 0 Å². The standard InChI is InChI=1S/C20H19F3N6O2/c21-20(22,23)15-3-1-2-4-17(15)29-13-16(26-27-29)19(30)25-12-14-5-6-24-18(11-14)28-7-9-31-10-8-28/h1-6,11,13H,7-10,12H2,(H,25,30). The summed E-state index contributed by atoms with van der Waals surface area (Å²) in [5, 5.41) is 10.1. The highest BCUT2D eigenvalue weighted by molar-refractivity contribution is 5.91. The number of halogens is 3. The molecule has 2 aromatic heterocycles. The normalized spacial score (nSPS) is 14.5. The number of aromatic nitrogens is 4. The Bertz CT molecular complexity index is 1060. The molecule has 0 bridgehead atoms. The molecular formula is C20H19F3N6O2. The third-order valence-corrected chi connectivity index (χ3v) is 4.78. The second-order valence-electron chi connectivity index (χ2n) is 6.87. The number of carbonyl (C=O) groups is 1. The van der Waals surface area contributed by atoms with Gasteiger partial charge in [-0.1, -0.05) is 17.3 Å². The molecule has 0 spiro atoms. The second kappa shape index (κ2) is 8.72. The average molecular weight is 432 g/mol. The van der Waals surface area contributed by atoms with Crippen LogP contribution in [0.1, 0.15) is 21.6 Å². The van der Waals surface area contributed by atoms with Crippen LogP contribution < -0.4 is 10.2 Å². The molecule has 8 nitrogen and oxygen atoms in total. The zero-order valence-electron chi connectivity index (χ0n) is 16.3. The fourth-order valence-electron chi connectivity index (χ4n) is 3.21. The zero-order chi connectivity index (χ0) is 21.8. The molecule has 0 aliphatic carbocycles. The first kappa shape index (κ1) is 20.8. The smallest absolute Gasteiger partial charge is 0.378 e. The number of carbonyl (C=O) groups excluding carboxylic acids is 1. The van der Waals surface area contributed by atoms with Crippen LogP contribution in [-0.4, -0.2) is 52.2 Å². The summed E-state index contributed by atoms with van der Waals surface area (Å²) in [7, 11) is 0. The van der Waals surface area contributed by atoms with E-state index in [0.29, 0.717) is 13.2 Å². The Morgan fingerprint density at radius 3 is 2.71 bits per heavy atom. The minimum absolute atomic E-state index is 0.0839. The molecule has 3 heterocycles. The van der Waals surface area contributed by atoms with E-state index in [1.807, 2.05) is 6.07 Å². The Kier molecular flexibility index (Phi) is 5.85. The number of hydrogen-bond donors (Lipinski definition) is 1. The molecule has 31 heavy (non-hydrogen) atoms. The highest BCUT2D eigenvalue weighted by Crippen LogP contribution is 2.33. The average Bonchev–Trinajstić information content (AvgIpc) is 3.28. The third-order valence-electron chi connectivity index (χ3n) is 4.78. The van der Waals surface area contributed by atoms with Gasteiger partial charge in [0.05, 0.1) is 30.7 Å². The van der Waals surface area contributed by atoms with Gasteiger partial charge in [-0.2, -0.15) is 13.2 Å². The van der Waals surface area contributed by atoms with Gasteiger partial charge < -0.3 is 15.0 Å². The number of morpholine rings is 1. The molecule has 1 aromatic carbocycles. The number of rotatable bonds is 5. The van der Waals surface area contributed by atoms with Crippen molar-refractivity contribution in [1.82, 2.24) is 25.3 Å². The molecule has 1 aliphatic heterocycles. The van der Waals surface area contributed by atoms with E-state index < -0.39 is 17.6 Å². The number of pyridine rings is 1. The van der Waals surface area contributed by atoms with Crippen LogP contribution in [0, 0.1) is 0 Å². The molecule has 0 unspecified atom stereocenters. The maximum Gasteiger partial charge on any atom is 0.418 e. The van der Waals surface area contributed by atoms with E-state index >= 15 is 0 Å². The van der Waals surface area contributed by atoms with Gasteiger partial charge in [-0.15, -0.1) is 5.10 Å². The Labute approximate surface area is 175 Å². The molecule has 0 saturated carbocycles. The summed E-state index contributed by atoms with van der Waals surface area (Å²) in [6, 6.07) is 8.62. The van der Waals surface area contributed by atoms with Crippen molar-refractivity contribution in [3.8, 4) is 5.69 Å². The Hall–Kier alpha value is -3.47. The van der Waals surface area contributed by atoms with Crippen molar-refractivity contribution in [2.75, 3.05) is 31.2 Å². The Balaban J connectivity index is 1.44. The third kappa shape index (κ3) is 4.82. The van der Waals surface area contributed by atoms with Gasteiger partial charge in [0.25, 0.3) is 5.91 Å². The molecule has 11 heteroatoms. The maximum atomic E-state index is 13.2. The van der Waals surface area contributed by atoms with Crippen LogP contribution in [0.5, 0.6) is 0 Å². The van der Waals surface area contributed by atoms with E-state index in [2.05, 4.69) is 25.5 Å². The van der Waals surface area contributed by atoms with Gasteiger partial charge in [0.2, 0.25) is 0 Å². The molecule has 1 saturated heterocycles. The van der Waals surface area contributed by atoms with Crippen LogP contribution in [0.25, 0.3) is 5.69 Å². The van der Waals surface area contributed by atoms with E-state index in [4.69, 9.17) is 4.74 Å². The quantitative estimate of drug-likeness (QED) is 0.667. The minimum atomic E-state index is -4.55. The maximum absolute atomic E-state index is 13.2. The first-order valence-electron chi connectivity index (χ1n) is 9.56. The van der Waals surface area contributed by atoms with Gasteiger partial charge in [-0.25, -0.2) is 9.67 Å². The molecule has 4 rings (SSSR count). The number of nitrogens with zero attached hydrogens (tertiary/aromatic N) is 5. The van der Waals surface area contributed by atoms with Gasteiger partial charge in [0.1, 0.15) is 5.82 Å². The van der Waals surface area contributed by atoms with Crippen molar-refractivity contribution in [3.05, 3.63) is 65.6 Å². The predicted octanol–water partition coefficient (Wildman–Crippen LogP) is 2.45. The molecule has 0 atom stereocenters. The summed E-state index contributed by atoms with van der Waals surface area (Å²) in [6.45, 7) is 2.97. The van der Waals surface area contributed by atoms with Crippen LogP contribution in [0.15, 0.2) is 48.8 Å². The molecular weight excluding hydrogens is 413 g/mol. The Morgan fingerprint density at radius 1 is 1.16 bits per heavy atom. The summed E-state index contributed by atoms with van der Waals surface area (Å²) < 4.78 is 45.9. The van der Waals surface area contributed by atoms with Crippen molar-refractivity contribution in [3.63, 3.8) is 0 Å². The fourth-order valence-corrected chi connectivity index (χ4v) is 3.21. The number of alkyl halides is 3. The van der Waals surface area contributed by atoms with E-state index in [-0.39, 0.29) is 17.9 Å². The summed E-state index contributed by atoms with van der Waals surface area (Å²) >= 11 is 0. The lowest BCUT2D eigenvalue weighted by Crippen LogP contribution is -2.36. The summed E-state index contributed by atoms with van der Waals surface area (Å²) in [5.74, 6) is 0.255. The van der Waals surface area contributed by atoms with E-state index in [1.165, 1.54) is 24.4 Å². The number of amides is 1. The number of hydrogen-bond acceptors (Lipinski definition) is 6. The summed E-state index contributed by atoms with van der Waals surface area (Å²) in [6.07, 6.45) is -1.72. The van der Waals surface area contributed by atoms with Gasteiger partial charge in [0, 0.05) is 25.8 Å². The van der Waals surface area contributed by atoms with Gasteiger partial charge in [-0.3, -0.25) is 4.79 Å². The van der Waals surface area contributed by atoms with Crippen molar-refractivity contribution in [2.24, 2.45) is 0 Å². The fraction of sp³-hybridized carbons (Fsp3) is 0.300. The highest BCUT2D eigenvalue weighted by Gasteiger charge is 2.34. The number of para-hydroxylation sites is 1. The van der Waals surface area contributed by atoms with Crippen LogP contribution in [-0.2, 0) is 17.5 Å². The zero-order valence-corrected chi connectivity index (χ0v) is 16.3. The van der Waals surface area contributed by atoms with Crippen molar-refractivity contribution in [2.45, 2.75) is 12.7 Å². The SMILES string of the molecule is O=C(NCc1ccnc(N2CCOCC2)c1)c1cn(-c2ccccc2C(F)(F)F)nn1. The predicted molar refractivity (Wildman–Crippen MR) is 105 cm³/mol. The van der Waals surface area contributed by atoms with E-state index in [9.17, 15) is 18.0 Å². The molecule has 0 radical (unpaired) electrons. The summed E-state index contributed by atoms with van der Waals surface area (Å²) in [4.78, 5) is 18.9. The first-order chi connectivity index (χ1) is 14.9. The Morgan fingerprint density at radius 2 is 1.94 bits per heavy atom. The number of ether oxygens (including phenoxy) is 1. The molecule has 162 valence electrons. The lowest BCUT2D eigenvalue weighted by Gasteiger charge is -2.28. The molecule has 1 fully saturated rings. The molecule has 3 aromatic rings. The second-order valence-corrected chi connectivity index (χ2v) is 6.87. The van der Waals surface area contributed by atoms with Crippen molar-refractivity contribution >= 4 is 11.7 Å². The lowest BCUT2D eigenvalue weighted by atomic mass is 10.1. The topological polar surface area (TPSA) is 85.2 Å². The largest absolute Gasteiger partial charge is 0.418 e. The monoisotopic (exact) mass is 432 g/mol. The van der Waals surface area contributed by atoms with Crippen LogP contribution in [0.4, 0.5) is 19.0 Å². The van der Waals surface area contributed by atoms with Crippen LogP contribution >= 0.6 is 0 Å². The van der Waals surface area contributed by atoms with E-state index in [0.717, 1.165) is 35.2 Å². The van der Waals surface area contributed by atoms with Gasteiger partial charge >= 0.3 is 6.18 Å². The number of nitrogens with one attached hydrogen (secondary N) is 1. The van der Waals surface area contributed by atoms with Gasteiger partial charge in [-0.05, 0) is 29.8 Å². The van der Waals surface area contributed by atoms with Crippen molar-refractivity contribution in [1.29, 1.82) is 0 Å². The van der Waals surface area contributed by atoms with Crippen molar-refractivity contribution < 1.29 is 22.7 Å². The summed E-state index contributed by atoms with van der Waals surface area (Å²) in [5.41, 5.74) is -0.316. The number of anilines is 1. The lowest BCUT2D eigenvalue weighted by molar-refractivity contribution is -0.137. The van der Waals surface area contributed by atoms with Crippen LogP contribution in [0.2, 0.25) is 0 Å². The van der Waals surface area contributed by atoms with Gasteiger partial charge in [0.15, 0.2) is 5.69 Å². The highest BCUT2D eigenvalue weighted by atomic mass is 19.4. The minimum Gasteiger partial charge on any atom is -0.378 e. The number of benzene rings is 1. The molecule has 1 N–H and O–H groups in total. The van der Waals surface area contributed by atoms with E-state index in [1.54, 1.807) is 12.3 Å². The molecule has 1 aliphatic rings.